The van der Waals surface area contributed by atoms with Crippen LogP contribution in [0.4, 0.5) is 0 Å². The number of hydrogen-bond acceptors (Lipinski definition) is 4. The van der Waals surface area contributed by atoms with Gasteiger partial charge in [-0.05, 0) is 31.0 Å². The van der Waals surface area contributed by atoms with Crippen molar-refractivity contribution in [3.8, 4) is 0 Å². The van der Waals surface area contributed by atoms with Crippen molar-refractivity contribution < 1.29 is 4.52 Å². The van der Waals surface area contributed by atoms with Crippen molar-refractivity contribution >= 4 is 0 Å². The third kappa shape index (κ3) is 2.48. The quantitative estimate of drug-likeness (QED) is 0.877. The third-order valence-electron chi connectivity index (χ3n) is 4.12. The van der Waals surface area contributed by atoms with Gasteiger partial charge in [0.15, 0.2) is 5.82 Å². The molecule has 20 heavy (non-hydrogen) atoms. The topological polar surface area (TPSA) is 51.0 Å². The summed E-state index contributed by atoms with van der Waals surface area (Å²) in [5, 5.41) is 7.48. The van der Waals surface area contributed by atoms with Gasteiger partial charge in [0.25, 0.3) is 0 Å². The van der Waals surface area contributed by atoms with Gasteiger partial charge in [-0.1, -0.05) is 42.8 Å². The maximum absolute atomic E-state index is 5.41. The highest BCUT2D eigenvalue weighted by atomic mass is 16.5. The fourth-order valence-corrected chi connectivity index (χ4v) is 2.89. The van der Waals surface area contributed by atoms with E-state index in [2.05, 4.69) is 46.6 Å². The van der Waals surface area contributed by atoms with Gasteiger partial charge >= 0.3 is 0 Å². The fourth-order valence-electron chi connectivity index (χ4n) is 2.89. The lowest BCUT2D eigenvalue weighted by Crippen LogP contribution is -2.27. The third-order valence-corrected chi connectivity index (χ3v) is 4.12. The van der Waals surface area contributed by atoms with Crippen LogP contribution >= 0.6 is 0 Å². The number of likely N-dealkylation sites (N-methyl/N-ethyl adjacent to an activating group) is 1. The highest BCUT2D eigenvalue weighted by molar-refractivity contribution is 5.43. The summed E-state index contributed by atoms with van der Waals surface area (Å²) in [7, 11) is 1.99. The number of nitrogens with one attached hydrogen (secondary N) is 1. The number of benzene rings is 1. The average Bonchev–Trinajstić information content (AvgIpc) is 2.88. The minimum atomic E-state index is 0.322. The lowest BCUT2D eigenvalue weighted by molar-refractivity contribution is 0.350. The molecular formula is C16H21N3O. The molecule has 0 saturated carbocycles. The van der Waals surface area contributed by atoms with E-state index >= 15 is 0 Å². The largest absolute Gasteiger partial charge is 0.339 e. The summed E-state index contributed by atoms with van der Waals surface area (Å²) in [6, 6.07) is 8.91. The van der Waals surface area contributed by atoms with Gasteiger partial charge in [-0.25, -0.2) is 0 Å². The Kier molecular flexibility index (Phi) is 3.83. The first kappa shape index (κ1) is 13.3. The van der Waals surface area contributed by atoms with Gasteiger partial charge in [-0.2, -0.15) is 4.98 Å². The van der Waals surface area contributed by atoms with Crippen LogP contribution in [0.25, 0.3) is 0 Å². The monoisotopic (exact) mass is 271 g/mol. The highest BCUT2D eigenvalue weighted by Crippen LogP contribution is 2.38. The molecule has 0 amide bonds. The molecule has 1 aliphatic carbocycles. The summed E-state index contributed by atoms with van der Waals surface area (Å²) in [6.07, 6.45) is 4.12. The fraction of sp³-hybridized carbons (Fsp3) is 0.500. The Balaban J connectivity index is 1.69. The molecule has 1 aliphatic rings. The second-order valence-corrected chi connectivity index (χ2v) is 5.48. The number of aromatic nitrogens is 2. The predicted octanol–water partition coefficient (Wildman–Crippen LogP) is 2.69. The van der Waals surface area contributed by atoms with Crippen molar-refractivity contribution in [1.29, 1.82) is 0 Å². The van der Waals surface area contributed by atoms with E-state index in [0.29, 0.717) is 12.0 Å². The smallest absolute Gasteiger partial charge is 0.228 e. The Morgan fingerprint density at radius 3 is 3.00 bits per heavy atom. The molecule has 106 valence electrons. The Morgan fingerprint density at radius 1 is 1.40 bits per heavy atom. The van der Waals surface area contributed by atoms with E-state index in [1.165, 1.54) is 11.1 Å². The molecule has 0 fully saturated rings. The first-order valence-electron chi connectivity index (χ1n) is 7.39. The predicted molar refractivity (Wildman–Crippen MR) is 77.7 cm³/mol. The molecule has 1 aromatic heterocycles. The molecule has 0 spiro atoms. The van der Waals surface area contributed by atoms with E-state index in [1.54, 1.807) is 0 Å². The zero-order valence-electron chi connectivity index (χ0n) is 12.1. The molecule has 1 heterocycles. The molecule has 3 rings (SSSR count). The van der Waals surface area contributed by atoms with Crippen LogP contribution in [0.2, 0.25) is 0 Å². The van der Waals surface area contributed by atoms with Crippen molar-refractivity contribution in [2.75, 3.05) is 7.05 Å². The zero-order chi connectivity index (χ0) is 13.9. The molecule has 4 heteroatoms. The summed E-state index contributed by atoms with van der Waals surface area (Å²) >= 11 is 0. The van der Waals surface area contributed by atoms with Crippen LogP contribution in [0.3, 0.4) is 0 Å². The second kappa shape index (κ2) is 5.75. The Morgan fingerprint density at radius 2 is 2.25 bits per heavy atom. The molecule has 0 aliphatic heterocycles. The van der Waals surface area contributed by atoms with E-state index in [0.717, 1.165) is 37.4 Å². The second-order valence-electron chi connectivity index (χ2n) is 5.48. The van der Waals surface area contributed by atoms with Crippen molar-refractivity contribution in [3.63, 3.8) is 0 Å². The van der Waals surface area contributed by atoms with Crippen molar-refractivity contribution in [2.45, 2.75) is 44.6 Å². The maximum atomic E-state index is 5.41. The van der Waals surface area contributed by atoms with E-state index < -0.39 is 0 Å². The number of nitrogens with zero attached hydrogens (tertiary/aromatic N) is 2. The highest BCUT2D eigenvalue weighted by Gasteiger charge is 2.31. The Bertz CT molecular complexity index is 579. The van der Waals surface area contributed by atoms with Gasteiger partial charge in [0, 0.05) is 12.5 Å². The molecule has 0 saturated heterocycles. The van der Waals surface area contributed by atoms with Crippen LogP contribution in [0, 0.1) is 0 Å². The van der Waals surface area contributed by atoms with Crippen LogP contribution in [0.5, 0.6) is 0 Å². The maximum Gasteiger partial charge on any atom is 0.228 e. The van der Waals surface area contributed by atoms with Crippen molar-refractivity contribution in [3.05, 3.63) is 47.1 Å². The minimum Gasteiger partial charge on any atom is -0.339 e. The van der Waals surface area contributed by atoms with Gasteiger partial charge in [0.1, 0.15) is 0 Å². The summed E-state index contributed by atoms with van der Waals surface area (Å²) in [5.74, 6) is 1.91. The molecule has 2 atom stereocenters. The average molecular weight is 271 g/mol. The lowest BCUT2D eigenvalue weighted by atomic mass is 9.77. The molecule has 0 bridgehead atoms. The van der Waals surface area contributed by atoms with E-state index in [1.807, 2.05) is 7.05 Å². The molecule has 0 radical (unpaired) electrons. The SMILES string of the molecule is CCCC(Cc1nc(C2Cc3ccccc32)no1)NC. The number of rotatable bonds is 6. The van der Waals surface area contributed by atoms with Crippen LogP contribution in [-0.2, 0) is 12.8 Å². The van der Waals surface area contributed by atoms with Gasteiger partial charge in [0.2, 0.25) is 5.89 Å². The van der Waals surface area contributed by atoms with Gasteiger partial charge in [-0.3, -0.25) is 0 Å². The minimum absolute atomic E-state index is 0.322. The molecular weight excluding hydrogens is 250 g/mol. The Hall–Kier alpha value is -1.68. The first-order chi connectivity index (χ1) is 9.81. The zero-order valence-corrected chi connectivity index (χ0v) is 12.1. The first-order valence-corrected chi connectivity index (χ1v) is 7.39. The summed E-state index contributed by atoms with van der Waals surface area (Å²) in [6.45, 7) is 2.19. The van der Waals surface area contributed by atoms with Crippen LogP contribution in [-0.4, -0.2) is 23.2 Å². The standard InChI is InChI=1S/C16H21N3O/c1-3-6-12(17-2)10-15-18-16(19-20-15)14-9-11-7-4-5-8-13(11)14/h4-5,7-8,12,14,17H,3,6,9-10H2,1-2H3. The van der Waals surface area contributed by atoms with Crippen molar-refractivity contribution in [2.24, 2.45) is 0 Å². The molecule has 1 aromatic carbocycles. The van der Waals surface area contributed by atoms with Gasteiger partial charge < -0.3 is 9.84 Å². The Labute approximate surface area is 119 Å². The number of hydrogen-bond donors (Lipinski definition) is 1. The van der Waals surface area contributed by atoms with Crippen LogP contribution in [0.1, 0.15) is 48.5 Å². The van der Waals surface area contributed by atoms with E-state index in [-0.39, 0.29) is 0 Å². The van der Waals surface area contributed by atoms with E-state index in [9.17, 15) is 0 Å². The summed E-state index contributed by atoms with van der Waals surface area (Å²) in [4.78, 5) is 4.58. The molecule has 2 unspecified atom stereocenters. The van der Waals surface area contributed by atoms with Gasteiger partial charge in [0.05, 0.1) is 5.92 Å². The molecule has 2 aromatic rings. The van der Waals surface area contributed by atoms with Crippen molar-refractivity contribution in [1.82, 2.24) is 15.5 Å². The van der Waals surface area contributed by atoms with Crippen LogP contribution in [0.15, 0.2) is 28.8 Å². The molecule has 1 N–H and O–H groups in total. The summed E-state index contributed by atoms with van der Waals surface area (Å²) in [5.41, 5.74) is 2.75. The normalized spacial score (nSPS) is 18.4. The number of fused-ring (bicyclic) bond motifs is 1. The lowest BCUT2D eigenvalue weighted by Gasteiger charge is -2.27. The van der Waals surface area contributed by atoms with E-state index in [4.69, 9.17) is 4.52 Å². The molecule has 4 nitrogen and oxygen atoms in total. The summed E-state index contributed by atoms with van der Waals surface area (Å²) < 4.78 is 5.41. The van der Waals surface area contributed by atoms with Crippen LogP contribution < -0.4 is 5.32 Å². The van der Waals surface area contributed by atoms with Gasteiger partial charge in [-0.15, -0.1) is 0 Å².